The lowest BCUT2D eigenvalue weighted by molar-refractivity contribution is -0.184. The number of esters is 1. The largest absolute Gasteiger partial charge is 0.481 e. The van der Waals surface area contributed by atoms with E-state index in [1.54, 1.807) is 18.2 Å². The van der Waals surface area contributed by atoms with E-state index >= 15 is 0 Å². The number of hydrogen-bond donors (Lipinski definition) is 4. The van der Waals surface area contributed by atoms with Crippen LogP contribution in [0.3, 0.4) is 0 Å². The van der Waals surface area contributed by atoms with Gasteiger partial charge >= 0.3 is 11.9 Å². The molecule has 2 rings (SSSR count). The number of ether oxygens (including phenoxy) is 3. The van der Waals surface area contributed by atoms with Crippen LogP contribution in [-0.2, 0) is 30.5 Å². The molecule has 31 heavy (non-hydrogen) atoms. The molecule has 1 fully saturated rings. The second kappa shape index (κ2) is 11.5. The van der Waals surface area contributed by atoms with E-state index in [9.17, 15) is 19.5 Å². The highest BCUT2D eigenvalue weighted by Crippen LogP contribution is 2.31. The number of aliphatic carboxylic acids is 1. The maximum Gasteiger partial charge on any atom is 0.305 e. The number of carbonyl (C=O) groups excluding carboxylic acids is 2. The molecule has 0 aromatic heterocycles. The minimum Gasteiger partial charge on any atom is -0.481 e. The number of aliphatic hydroxyl groups is 1. The maximum atomic E-state index is 12.3. The van der Waals surface area contributed by atoms with Gasteiger partial charge in [0.25, 0.3) is 0 Å². The number of carboxylic acid groups (broad SMARTS) is 1. The number of carboxylic acids is 1. The summed E-state index contributed by atoms with van der Waals surface area (Å²) in [5, 5.41) is 24.6. The fourth-order valence-corrected chi connectivity index (χ4v) is 3.02. The highest BCUT2D eigenvalue weighted by atomic mass is 16.7. The van der Waals surface area contributed by atoms with Gasteiger partial charge in [0, 0.05) is 32.4 Å². The fourth-order valence-electron chi connectivity index (χ4n) is 3.02. The third kappa shape index (κ3) is 8.42. The average Bonchev–Trinajstić information content (AvgIpc) is 2.67. The molecule has 172 valence electrons. The van der Waals surface area contributed by atoms with Crippen LogP contribution in [-0.4, -0.2) is 59.1 Å². The van der Waals surface area contributed by atoms with Crippen molar-refractivity contribution in [1.82, 2.24) is 5.32 Å². The van der Waals surface area contributed by atoms with Crippen LogP contribution in [0.5, 0.6) is 5.75 Å². The van der Waals surface area contributed by atoms with Gasteiger partial charge < -0.3 is 35.1 Å². The maximum absolute atomic E-state index is 12.3. The molecule has 3 unspecified atom stereocenters. The molecule has 3 atom stereocenters. The van der Waals surface area contributed by atoms with Gasteiger partial charge in [0.1, 0.15) is 18.5 Å². The Hall–Kier alpha value is -2.85. The van der Waals surface area contributed by atoms with E-state index in [1.807, 2.05) is 13.8 Å². The molecule has 10 heteroatoms. The van der Waals surface area contributed by atoms with Gasteiger partial charge in [-0.3, -0.25) is 14.4 Å². The zero-order valence-corrected chi connectivity index (χ0v) is 17.9. The Bertz CT molecular complexity index is 783. The van der Waals surface area contributed by atoms with Gasteiger partial charge in [0.05, 0.1) is 18.2 Å². The zero-order chi connectivity index (χ0) is 23.0. The Morgan fingerprint density at radius 1 is 1.26 bits per heavy atom. The highest BCUT2D eigenvalue weighted by Gasteiger charge is 2.34. The van der Waals surface area contributed by atoms with E-state index in [1.165, 1.54) is 6.92 Å². The number of hydrogen-bond acceptors (Lipinski definition) is 8. The number of benzene rings is 1. The summed E-state index contributed by atoms with van der Waals surface area (Å²) < 4.78 is 16.7. The summed E-state index contributed by atoms with van der Waals surface area (Å²) in [6.07, 6.45) is -2.64. The molecule has 1 aliphatic heterocycles. The lowest BCUT2D eigenvalue weighted by Gasteiger charge is -2.33. The first-order valence-corrected chi connectivity index (χ1v) is 10.2. The molecular weight excluding hydrogens is 408 g/mol. The first-order valence-electron chi connectivity index (χ1n) is 10.2. The van der Waals surface area contributed by atoms with Crippen molar-refractivity contribution in [3.8, 4) is 5.75 Å². The van der Waals surface area contributed by atoms with Crippen molar-refractivity contribution < 1.29 is 38.8 Å². The third-order valence-electron chi connectivity index (χ3n) is 4.39. The second-order valence-electron chi connectivity index (χ2n) is 7.64. The summed E-state index contributed by atoms with van der Waals surface area (Å²) in [6.45, 7) is 5.31. The monoisotopic (exact) mass is 438 g/mol. The Labute approximate surface area is 180 Å². The van der Waals surface area contributed by atoms with E-state index in [4.69, 9.17) is 19.3 Å². The minimum atomic E-state index is -1.02. The lowest BCUT2D eigenvalue weighted by atomic mass is 10.0. The first kappa shape index (κ1) is 24.4. The SMILES string of the molecule is CC(=O)OCc1ccc(NC(C)C)c(OC2CC(O)CC(C(=O)NCCC(=O)O)O2)c1. The van der Waals surface area contributed by atoms with Gasteiger partial charge in [-0.1, -0.05) is 6.07 Å². The smallest absolute Gasteiger partial charge is 0.305 e. The first-order chi connectivity index (χ1) is 14.6. The molecule has 1 heterocycles. The minimum absolute atomic E-state index is 0.0315. The van der Waals surface area contributed by atoms with E-state index in [0.29, 0.717) is 17.0 Å². The Morgan fingerprint density at radius 2 is 2.00 bits per heavy atom. The van der Waals surface area contributed by atoms with Crippen LogP contribution in [0.4, 0.5) is 5.69 Å². The molecule has 1 saturated heterocycles. The molecule has 1 aromatic carbocycles. The summed E-state index contributed by atoms with van der Waals surface area (Å²) in [7, 11) is 0. The molecule has 1 amide bonds. The van der Waals surface area contributed by atoms with Gasteiger partial charge in [-0.05, 0) is 31.5 Å². The summed E-state index contributed by atoms with van der Waals surface area (Å²) in [4.78, 5) is 34.0. The molecular formula is C21H30N2O8. The van der Waals surface area contributed by atoms with E-state index in [-0.39, 0.29) is 38.5 Å². The highest BCUT2D eigenvalue weighted by molar-refractivity contribution is 5.81. The number of nitrogens with one attached hydrogen (secondary N) is 2. The predicted octanol–water partition coefficient (Wildman–Crippen LogP) is 1.41. The van der Waals surface area contributed by atoms with Gasteiger partial charge in [0.2, 0.25) is 12.2 Å². The molecule has 0 bridgehead atoms. The van der Waals surface area contributed by atoms with Gasteiger partial charge in [-0.15, -0.1) is 0 Å². The molecule has 0 saturated carbocycles. The molecule has 0 aliphatic carbocycles. The van der Waals surface area contributed by atoms with E-state index in [2.05, 4.69) is 10.6 Å². The van der Waals surface area contributed by atoms with E-state index < -0.39 is 36.3 Å². The second-order valence-corrected chi connectivity index (χ2v) is 7.64. The molecule has 10 nitrogen and oxygen atoms in total. The van der Waals surface area contributed by atoms with Crippen LogP contribution < -0.4 is 15.4 Å². The molecule has 4 N–H and O–H groups in total. The van der Waals surface area contributed by atoms with Crippen molar-refractivity contribution in [2.45, 2.75) is 71.2 Å². The number of anilines is 1. The van der Waals surface area contributed by atoms with Crippen molar-refractivity contribution in [3.05, 3.63) is 23.8 Å². The standard InChI is InChI=1S/C21H30N2O8/c1-12(2)23-16-5-4-14(11-29-13(3)24)8-17(16)30-20-10-15(25)9-18(31-20)21(28)22-7-6-19(26)27/h4-5,8,12,15,18,20,23,25H,6-7,9-11H2,1-3H3,(H,22,28)(H,26,27). The van der Waals surface area contributed by atoms with Crippen molar-refractivity contribution in [2.24, 2.45) is 0 Å². The fraction of sp³-hybridized carbons (Fsp3) is 0.571. The van der Waals surface area contributed by atoms with Crippen molar-refractivity contribution >= 4 is 23.5 Å². The van der Waals surface area contributed by atoms with Crippen molar-refractivity contribution in [3.63, 3.8) is 0 Å². The van der Waals surface area contributed by atoms with Crippen LogP contribution in [0.25, 0.3) is 0 Å². The van der Waals surface area contributed by atoms with Crippen LogP contribution in [0.15, 0.2) is 18.2 Å². The third-order valence-corrected chi connectivity index (χ3v) is 4.39. The Morgan fingerprint density at radius 3 is 2.65 bits per heavy atom. The Kier molecular flexibility index (Phi) is 9.07. The summed E-state index contributed by atoms with van der Waals surface area (Å²) >= 11 is 0. The van der Waals surface area contributed by atoms with Crippen LogP contribution in [0, 0.1) is 0 Å². The number of amides is 1. The van der Waals surface area contributed by atoms with Crippen molar-refractivity contribution in [2.75, 3.05) is 11.9 Å². The quantitative estimate of drug-likeness (QED) is 0.399. The summed E-state index contributed by atoms with van der Waals surface area (Å²) in [5.41, 5.74) is 1.39. The van der Waals surface area contributed by atoms with Crippen LogP contribution in [0.2, 0.25) is 0 Å². The number of aliphatic hydroxyl groups excluding tert-OH is 1. The van der Waals surface area contributed by atoms with Gasteiger partial charge in [-0.2, -0.15) is 0 Å². The van der Waals surface area contributed by atoms with Crippen LogP contribution in [0.1, 0.15) is 45.6 Å². The molecule has 1 aromatic rings. The average molecular weight is 438 g/mol. The molecule has 0 spiro atoms. The van der Waals surface area contributed by atoms with Gasteiger partial charge in [-0.25, -0.2) is 0 Å². The van der Waals surface area contributed by atoms with Gasteiger partial charge in [0.15, 0.2) is 0 Å². The predicted molar refractivity (Wildman–Crippen MR) is 110 cm³/mol. The van der Waals surface area contributed by atoms with E-state index in [0.717, 1.165) is 0 Å². The molecule has 1 aliphatic rings. The number of carbonyl (C=O) groups is 3. The summed E-state index contributed by atoms with van der Waals surface area (Å²) in [6, 6.07) is 5.42. The summed E-state index contributed by atoms with van der Waals surface area (Å²) in [5.74, 6) is -1.49. The number of rotatable bonds is 10. The molecule has 0 radical (unpaired) electrons. The van der Waals surface area contributed by atoms with Crippen molar-refractivity contribution in [1.29, 1.82) is 0 Å². The topological polar surface area (TPSA) is 143 Å². The Balaban J connectivity index is 2.10. The lowest BCUT2D eigenvalue weighted by Crippen LogP contribution is -2.47. The zero-order valence-electron chi connectivity index (χ0n) is 17.9. The van der Waals surface area contributed by atoms with Crippen LogP contribution >= 0.6 is 0 Å². The normalized spacial score (nSPS) is 20.7.